The number of thiophene rings is 1. The van der Waals surface area contributed by atoms with Crippen LogP contribution in [0.4, 0.5) is 0 Å². The van der Waals surface area contributed by atoms with Crippen LogP contribution in [-0.4, -0.2) is 9.55 Å². The van der Waals surface area contributed by atoms with Crippen molar-refractivity contribution in [2.45, 2.75) is 0 Å². The molecule has 0 spiro atoms. The van der Waals surface area contributed by atoms with E-state index in [1.165, 1.54) is 15.9 Å². The summed E-state index contributed by atoms with van der Waals surface area (Å²) >= 11 is 6.62. The Hall–Kier alpha value is -1.72. The standard InChI is InChI=1S/C13H10N2OS2/c1-15-12(16)10-9(8-5-3-2-4-6-8)7-18-11(10)14-13(15)17/h2-7H,1H3,(H,14,17). The molecule has 0 aliphatic rings. The number of fused-ring (bicyclic) bond motifs is 1. The van der Waals surface area contributed by atoms with Gasteiger partial charge in [-0.15, -0.1) is 11.3 Å². The molecule has 90 valence electrons. The van der Waals surface area contributed by atoms with Gasteiger partial charge in [-0.1, -0.05) is 30.3 Å². The maximum absolute atomic E-state index is 12.3. The van der Waals surface area contributed by atoms with Gasteiger partial charge in [0.1, 0.15) is 4.83 Å². The second-order valence-corrected chi connectivity index (χ2v) is 5.28. The topological polar surface area (TPSA) is 37.8 Å². The van der Waals surface area contributed by atoms with Gasteiger partial charge in [0, 0.05) is 18.0 Å². The van der Waals surface area contributed by atoms with Crippen molar-refractivity contribution >= 4 is 33.8 Å². The molecule has 0 radical (unpaired) electrons. The van der Waals surface area contributed by atoms with Gasteiger partial charge in [-0.05, 0) is 17.8 Å². The second-order valence-electron chi connectivity index (χ2n) is 4.01. The van der Waals surface area contributed by atoms with E-state index in [2.05, 4.69) is 4.98 Å². The summed E-state index contributed by atoms with van der Waals surface area (Å²) in [5, 5.41) is 2.70. The van der Waals surface area contributed by atoms with Crippen molar-refractivity contribution in [1.82, 2.24) is 9.55 Å². The van der Waals surface area contributed by atoms with Crippen LogP contribution in [0.1, 0.15) is 0 Å². The maximum Gasteiger partial charge on any atom is 0.263 e. The Labute approximate surface area is 112 Å². The molecule has 2 aromatic heterocycles. The van der Waals surface area contributed by atoms with E-state index in [1.54, 1.807) is 7.05 Å². The Morgan fingerprint density at radius 1 is 1.28 bits per heavy atom. The number of aromatic amines is 1. The van der Waals surface area contributed by atoms with Crippen LogP contribution in [0, 0.1) is 4.77 Å². The Bertz CT molecular complexity index is 828. The smallest absolute Gasteiger partial charge is 0.263 e. The van der Waals surface area contributed by atoms with Gasteiger partial charge in [0.2, 0.25) is 0 Å². The van der Waals surface area contributed by atoms with Gasteiger partial charge in [0.05, 0.1) is 5.39 Å². The third-order valence-corrected chi connectivity index (χ3v) is 4.19. The van der Waals surface area contributed by atoms with Crippen molar-refractivity contribution < 1.29 is 0 Å². The van der Waals surface area contributed by atoms with Gasteiger partial charge < -0.3 is 4.98 Å². The molecule has 1 aromatic carbocycles. The van der Waals surface area contributed by atoms with Crippen molar-refractivity contribution in [3.8, 4) is 11.1 Å². The average molecular weight is 274 g/mol. The zero-order chi connectivity index (χ0) is 12.7. The monoisotopic (exact) mass is 274 g/mol. The van der Waals surface area contributed by atoms with Crippen molar-refractivity contribution in [3.05, 3.63) is 50.8 Å². The van der Waals surface area contributed by atoms with E-state index in [1.807, 2.05) is 35.7 Å². The summed E-state index contributed by atoms with van der Waals surface area (Å²) in [7, 11) is 1.69. The molecule has 1 N–H and O–H groups in total. The third kappa shape index (κ3) is 1.63. The summed E-state index contributed by atoms with van der Waals surface area (Å²) in [6.07, 6.45) is 0. The minimum absolute atomic E-state index is 0.0474. The second kappa shape index (κ2) is 4.19. The zero-order valence-corrected chi connectivity index (χ0v) is 11.3. The van der Waals surface area contributed by atoms with Crippen molar-refractivity contribution in [2.24, 2.45) is 7.05 Å². The predicted octanol–water partition coefficient (Wildman–Crippen LogP) is 3.32. The molecule has 2 heterocycles. The van der Waals surface area contributed by atoms with E-state index in [-0.39, 0.29) is 5.56 Å². The number of nitrogens with zero attached hydrogens (tertiary/aromatic N) is 1. The summed E-state index contributed by atoms with van der Waals surface area (Å²) in [6, 6.07) is 9.90. The first-order valence-corrected chi connectivity index (χ1v) is 6.73. The lowest BCUT2D eigenvalue weighted by atomic mass is 10.1. The molecule has 0 saturated carbocycles. The minimum Gasteiger partial charge on any atom is -0.323 e. The Morgan fingerprint density at radius 2 is 2.00 bits per heavy atom. The van der Waals surface area contributed by atoms with Crippen LogP contribution in [0.15, 0.2) is 40.5 Å². The first-order valence-electron chi connectivity index (χ1n) is 5.44. The molecule has 0 aliphatic carbocycles. The minimum atomic E-state index is -0.0474. The summed E-state index contributed by atoms with van der Waals surface area (Å²) in [6.45, 7) is 0. The lowest BCUT2D eigenvalue weighted by Gasteiger charge is -2.01. The van der Waals surface area contributed by atoms with Crippen LogP contribution in [0.5, 0.6) is 0 Å². The van der Waals surface area contributed by atoms with Crippen LogP contribution in [0.25, 0.3) is 21.3 Å². The Morgan fingerprint density at radius 3 is 2.72 bits per heavy atom. The molecule has 0 amide bonds. The number of nitrogens with one attached hydrogen (secondary N) is 1. The van der Waals surface area contributed by atoms with E-state index in [0.717, 1.165) is 16.0 Å². The molecule has 3 aromatic rings. The molecule has 0 unspecified atom stereocenters. The summed E-state index contributed by atoms with van der Waals surface area (Å²) in [5.41, 5.74) is 1.96. The highest BCUT2D eigenvalue weighted by atomic mass is 32.1. The molecular weight excluding hydrogens is 264 g/mol. The average Bonchev–Trinajstić information content (AvgIpc) is 2.81. The molecule has 18 heavy (non-hydrogen) atoms. The Kier molecular flexibility index (Phi) is 2.65. The molecule has 3 nitrogen and oxygen atoms in total. The van der Waals surface area contributed by atoms with Crippen LogP contribution in [0.2, 0.25) is 0 Å². The number of benzene rings is 1. The van der Waals surface area contributed by atoms with Crippen LogP contribution in [0.3, 0.4) is 0 Å². The fraction of sp³-hybridized carbons (Fsp3) is 0.0769. The molecule has 0 bridgehead atoms. The van der Waals surface area contributed by atoms with E-state index >= 15 is 0 Å². The first-order chi connectivity index (χ1) is 8.68. The molecule has 0 fully saturated rings. The van der Waals surface area contributed by atoms with E-state index in [9.17, 15) is 4.79 Å². The fourth-order valence-corrected chi connectivity index (χ4v) is 3.14. The quantitative estimate of drug-likeness (QED) is 0.691. The van der Waals surface area contributed by atoms with E-state index in [0.29, 0.717) is 10.2 Å². The number of aromatic nitrogens is 2. The molecule has 5 heteroatoms. The van der Waals surface area contributed by atoms with Crippen LogP contribution < -0.4 is 5.56 Å². The molecule has 0 atom stereocenters. The van der Waals surface area contributed by atoms with Gasteiger partial charge in [0.25, 0.3) is 5.56 Å². The highest BCUT2D eigenvalue weighted by Crippen LogP contribution is 2.30. The number of hydrogen-bond donors (Lipinski definition) is 1. The highest BCUT2D eigenvalue weighted by molar-refractivity contribution is 7.71. The van der Waals surface area contributed by atoms with Gasteiger partial charge in [-0.3, -0.25) is 9.36 Å². The Balaban J connectivity index is 2.44. The van der Waals surface area contributed by atoms with E-state index in [4.69, 9.17) is 12.2 Å². The predicted molar refractivity (Wildman–Crippen MR) is 77.7 cm³/mol. The number of H-pyrrole nitrogens is 1. The van der Waals surface area contributed by atoms with E-state index < -0.39 is 0 Å². The lowest BCUT2D eigenvalue weighted by molar-refractivity contribution is 0.826. The summed E-state index contributed by atoms with van der Waals surface area (Å²) < 4.78 is 1.92. The maximum atomic E-state index is 12.3. The van der Waals surface area contributed by atoms with Crippen LogP contribution >= 0.6 is 23.6 Å². The summed E-state index contributed by atoms with van der Waals surface area (Å²) in [5.74, 6) is 0. The normalized spacial score (nSPS) is 10.9. The SMILES string of the molecule is Cn1c(=S)[nH]c2scc(-c3ccccc3)c2c1=O. The largest absolute Gasteiger partial charge is 0.323 e. The van der Waals surface area contributed by atoms with Crippen LogP contribution in [-0.2, 0) is 7.05 Å². The molecule has 0 aliphatic heterocycles. The molecular formula is C13H10N2OS2. The van der Waals surface area contributed by atoms with Gasteiger partial charge in [-0.25, -0.2) is 0 Å². The van der Waals surface area contributed by atoms with Crippen molar-refractivity contribution in [1.29, 1.82) is 0 Å². The third-order valence-electron chi connectivity index (χ3n) is 2.92. The molecule has 0 saturated heterocycles. The number of hydrogen-bond acceptors (Lipinski definition) is 3. The highest BCUT2D eigenvalue weighted by Gasteiger charge is 2.11. The zero-order valence-electron chi connectivity index (χ0n) is 9.64. The molecule has 3 rings (SSSR count). The number of rotatable bonds is 1. The summed E-state index contributed by atoms with van der Waals surface area (Å²) in [4.78, 5) is 16.2. The first kappa shape index (κ1) is 11.4. The van der Waals surface area contributed by atoms with Gasteiger partial charge in [0.15, 0.2) is 4.77 Å². The van der Waals surface area contributed by atoms with Gasteiger partial charge >= 0.3 is 0 Å². The fourth-order valence-electron chi connectivity index (χ4n) is 1.93. The van der Waals surface area contributed by atoms with Gasteiger partial charge in [-0.2, -0.15) is 0 Å². The van der Waals surface area contributed by atoms with Crippen molar-refractivity contribution in [2.75, 3.05) is 0 Å². The lowest BCUT2D eigenvalue weighted by Crippen LogP contribution is -2.18. The van der Waals surface area contributed by atoms with Crippen molar-refractivity contribution in [3.63, 3.8) is 0 Å².